The van der Waals surface area contributed by atoms with Gasteiger partial charge in [0.2, 0.25) is 0 Å². The zero-order valence-corrected chi connectivity index (χ0v) is 16.2. The van der Waals surface area contributed by atoms with Crippen LogP contribution in [0.4, 0.5) is 0 Å². The highest BCUT2D eigenvalue weighted by Crippen LogP contribution is 2.18. The Bertz CT molecular complexity index is 742. The van der Waals surface area contributed by atoms with Crippen LogP contribution < -0.4 is 5.32 Å². The number of tetrazole rings is 1. The van der Waals surface area contributed by atoms with Crippen molar-refractivity contribution in [3.05, 3.63) is 42.2 Å². The Morgan fingerprint density at radius 1 is 1.18 bits per heavy atom. The summed E-state index contributed by atoms with van der Waals surface area (Å²) in [7, 11) is 0. The summed E-state index contributed by atoms with van der Waals surface area (Å²) in [6, 6.07) is 8.99. The molecule has 0 radical (unpaired) electrons. The molecule has 1 aromatic carbocycles. The van der Waals surface area contributed by atoms with Crippen LogP contribution in [0, 0.1) is 0 Å². The fourth-order valence-corrected chi connectivity index (χ4v) is 3.48. The van der Waals surface area contributed by atoms with E-state index in [1.807, 2.05) is 30.3 Å². The molecule has 150 valence electrons. The SMILES string of the molecule is C[C@H](OC(=O)[C@H](Cc1ccccc1)n1cnnn1)C(=O)NC1CCCCCC1. The average Bonchev–Trinajstić information content (AvgIpc) is 3.11. The Labute approximate surface area is 164 Å². The van der Waals surface area contributed by atoms with Crippen molar-refractivity contribution in [2.75, 3.05) is 0 Å². The lowest BCUT2D eigenvalue weighted by Crippen LogP contribution is -2.42. The molecule has 28 heavy (non-hydrogen) atoms. The minimum Gasteiger partial charge on any atom is -0.451 e. The molecular weight excluding hydrogens is 358 g/mol. The number of rotatable bonds is 7. The van der Waals surface area contributed by atoms with Gasteiger partial charge in [0, 0.05) is 12.5 Å². The lowest BCUT2D eigenvalue weighted by Gasteiger charge is -2.22. The third-order valence-electron chi connectivity index (χ3n) is 5.09. The van der Waals surface area contributed by atoms with E-state index in [0.717, 1.165) is 31.2 Å². The molecule has 0 unspecified atom stereocenters. The van der Waals surface area contributed by atoms with Gasteiger partial charge in [0.25, 0.3) is 5.91 Å². The lowest BCUT2D eigenvalue weighted by atomic mass is 10.1. The van der Waals surface area contributed by atoms with E-state index in [-0.39, 0.29) is 11.9 Å². The molecule has 0 bridgehead atoms. The number of hydrogen-bond acceptors (Lipinski definition) is 6. The van der Waals surface area contributed by atoms with E-state index in [9.17, 15) is 9.59 Å². The summed E-state index contributed by atoms with van der Waals surface area (Å²) in [6.45, 7) is 1.60. The van der Waals surface area contributed by atoms with Crippen molar-refractivity contribution in [3.63, 3.8) is 0 Å². The highest BCUT2D eigenvalue weighted by atomic mass is 16.5. The van der Waals surface area contributed by atoms with Crippen LogP contribution in [0.1, 0.15) is 57.1 Å². The van der Waals surface area contributed by atoms with Gasteiger partial charge in [-0.1, -0.05) is 56.0 Å². The van der Waals surface area contributed by atoms with E-state index < -0.39 is 18.1 Å². The number of carbonyl (C=O) groups is 2. The van der Waals surface area contributed by atoms with E-state index in [1.165, 1.54) is 23.9 Å². The van der Waals surface area contributed by atoms with Crippen LogP contribution in [-0.4, -0.2) is 44.2 Å². The molecular formula is C20H27N5O3. The van der Waals surface area contributed by atoms with E-state index in [0.29, 0.717) is 6.42 Å². The van der Waals surface area contributed by atoms with E-state index in [4.69, 9.17) is 4.74 Å². The monoisotopic (exact) mass is 385 g/mol. The average molecular weight is 385 g/mol. The number of benzene rings is 1. The number of nitrogens with one attached hydrogen (secondary N) is 1. The Morgan fingerprint density at radius 2 is 1.89 bits per heavy atom. The van der Waals surface area contributed by atoms with Gasteiger partial charge >= 0.3 is 5.97 Å². The van der Waals surface area contributed by atoms with Gasteiger partial charge in [0.1, 0.15) is 6.33 Å². The molecule has 3 rings (SSSR count). The fraction of sp³-hybridized carbons (Fsp3) is 0.550. The van der Waals surface area contributed by atoms with Gasteiger partial charge in [0.05, 0.1) is 0 Å². The summed E-state index contributed by atoms with van der Waals surface area (Å²) in [4.78, 5) is 25.3. The minimum absolute atomic E-state index is 0.163. The largest absolute Gasteiger partial charge is 0.451 e. The molecule has 2 atom stereocenters. The van der Waals surface area contributed by atoms with Crippen molar-refractivity contribution in [2.24, 2.45) is 0 Å². The number of nitrogens with zero attached hydrogens (tertiary/aromatic N) is 4. The Kier molecular flexibility index (Phi) is 7.11. The fourth-order valence-electron chi connectivity index (χ4n) is 3.48. The summed E-state index contributed by atoms with van der Waals surface area (Å²) in [6.07, 6.45) is 7.52. The van der Waals surface area contributed by atoms with E-state index in [2.05, 4.69) is 20.8 Å². The summed E-state index contributed by atoms with van der Waals surface area (Å²) in [5.74, 6) is -0.782. The molecule has 1 aromatic heterocycles. The first-order valence-electron chi connectivity index (χ1n) is 9.91. The van der Waals surface area contributed by atoms with Crippen LogP contribution in [-0.2, 0) is 20.7 Å². The Morgan fingerprint density at radius 3 is 2.54 bits per heavy atom. The van der Waals surface area contributed by atoms with Crippen LogP contribution >= 0.6 is 0 Å². The molecule has 1 N–H and O–H groups in total. The molecule has 8 nitrogen and oxygen atoms in total. The minimum atomic E-state index is -0.870. The second-order valence-electron chi connectivity index (χ2n) is 7.27. The third kappa shape index (κ3) is 5.61. The number of hydrogen-bond donors (Lipinski definition) is 1. The molecule has 0 aliphatic heterocycles. The smallest absolute Gasteiger partial charge is 0.332 e. The molecule has 1 heterocycles. The lowest BCUT2D eigenvalue weighted by molar-refractivity contribution is -0.158. The van der Waals surface area contributed by atoms with Crippen LogP contribution in [0.25, 0.3) is 0 Å². The second-order valence-corrected chi connectivity index (χ2v) is 7.27. The number of carbonyl (C=O) groups excluding carboxylic acids is 2. The van der Waals surface area contributed by atoms with Crippen molar-refractivity contribution < 1.29 is 14.3 Å². The number of ether oxygens (including phenoxy) is 1. The Hall–Kier alpha value is -2.77. The van der Waals surface area contributed by atoms with E-state index >= 15 is 0 Å². The predicted molar refractivity (Wildman–Crippen MR) is 102 cm³/mol. The van der Waals surface area contributed by atoms with Gasteiger partial charge in [-0.2, -0.15) is 0 Å². The van der Waals surface area contributed by atoms with Gasteiger partial charge in [-0.15, -0.1) is 5.10 Å². The highest BCUT2D eigenvalue weighted by molar-refractivity contribution is 5.84. The van der Waals surface area contributed by atoms with Crippen molar-refractivity contribution in [2.45, 2.75) is 70.1 Å². The Balaban J connectivity index is 1.61. The molecule has 0 saturated heterocycles. The summed E-state index contributed by atoms with van der Waals surface area (Å²) < 4.78 is 6.84. The molecule has 8 heteroatoms. The van der Waals surface area contributed by atoms with E-state index in [1.54, 1.807) is 6.92 Å². The number of aromatic nitrogens is 4. The maximum atomic E-state index is 12.8. The van der Waals surface area contributed by atoms with Crippen LogP contribution in [0.2, 0.25) is 0 Å². The van der Waals surface area contributed by atoms with Crippen LogP contribution in [0.15, 0.2) is 36.7 Å². The van der Waals surface area contributed by atoms with Gasteiger partial charge in [-0.05, 0) is 35.8 Å². The van der Waals surface area contributed by atoms with Gasteiger partial charge in [-0.3, -0.25) is 4.79 Å². The molecule has 1 saturated carbocycles. The summed E-state index contributed by atoms with van der Waals surface area (Å²) >= 11 is 0. The first-order chi connectivity index (χ1) is 13.6. The normalized spacial score (nSPS) is 17.3. The summed E-state index contributed by atoms with van der Waals surface area (Å²) in [5, 5.41) is 14.1. The second kappa shape index (κ2) is 9.96. The first-order valence-corrected chi connectivity index (χ1v) is 9.91. The molecule has 0 spiro atoms. The van der Waals surface area contributed by atoms with Crippen LogP contribution in [0.3, 0.4) is 0 Å². The summed E-state index contributed by atoms with van der Waals surface area (Å²) in [5.41, 5.74) is 0.954. The third-order valence-corrected chi connectivity index (χ3v) is 5.09. The predicted octanol–water partition coefficient (Wildman–Crippen LogP) is 2.23. The molecule has 1 aliphatic carbocycles. The standard InChI is InChI=1S/C20H27N5O3/c1-15(19(26)22-17-11-7-2-3-8-12-17)28-20(27)18(25-14-21-23-24-25)13-16-9-5-4-6-10-16/h4-6,9-10,14-15,17-18H,2-3,7-8,11-13H2,1H3,(H,22,26)/t15-,18-/m0/s1. The molecule has 1 amide bonds. The van der Waals surface area contributed by atoms with Crippen molar-refractivity contribution in [3.8, 4) is 0 Å². The maximum absolute atomic E-state index is 12.8. The topological polar surface area (TPSA) is 99.0 Å². The first kappa shape index (κ1) is 20.0. The molecule has 1 aliphatic rings. The van der Waals surface area contributed by atoms with Gasteiger partial charge in [-0.25, -0.2) is 9.48 Å². The zero-order valence-electron chi connectivity index (χ0n) is 16.2. The van der Waals surface area contributed by atoms with Crippen molar-refractivity contribution in [1.82, 2.24) is 25.5 Å². The molecule has 2 aromatic rings. The number of amides is 1. The highest BCUT2D eigenvalue weighted by Gasteiger charge is 2.28. The zero-order chi connectivity index (χ0) is 19.8. The molecule has 1 fully saturated rings. The van der Waals surface area contributed by atoms with Crippen molar-refractivity contribution >= 4 is 11.9 Å². The van der Waals surface area contributed by atoms with Gasteiger partial charge < -0.3 is 10.1 Å². The van der Waals surface area contributed by atoms with Gasteiger partial charge in [0.15, 0.2) is 12.1 Å². The van der Waals surface area contributed by atoms with Crippen LogP contribution in [0.5, 0.6) is 0 Å². The maximum Gasteiger partial charge on any atom is 0.332 e. The van der Waals surface area contributed by atoms with Crippen molar-refractivity contribution in [1.29, 1.82) is 0 Å². The quantitative estimate of drug-likeness (QED) is 0.580. The number of esters is 1.